The molecule has 0 unspecified atom stereocenters. The van der Waals surface area contributed by atoms with E-state index in [0.29, 0.717) is 10.1 Å². The van der Waals surface area contributed by atoms with Crippen molar-refractivity contribution in [1.29, 1.82) is 0 Å². The Morgan fingerprint density at radius 2 is 1.88 bits per heavy atom. The first-order valence-electron chi connectivity index (χ1n) is 7.08. The first kappa shape index (κ1) is 17.1. The summed E-state index contributed by atoms with van der Waals surface area (Å²) in [5, 5.41) is 15.2. The second kappa shape index (κ2) is 7.04. The van der Waals surface area contributed by atoms with Crippen molar-refractivity contribution in [2.45, 2.75) is 0 Å². The number of hydrogen-bond donors (Lipinski definition) is 3. The van der Waals surface area contributed by atoms with E-state index in [1.54, 1.807) is 30.3 Å². The summed E-state index contributed by atoms with van der Waals surface area (Å²) in [7, 11) is 0. The van der Waals surface area contributed by atoms with Crippen LogP contribution in [0.25, 0.3) is 11.0 Å². The minimum Gasteiger partial charge on any atom is -0.478 e. The molecule has 126 valence electrons. The van der Waals surface area contributed by atoms with Crippen molar-refractivity contribution in [3.05, 3.63) is 64.3 Å². The van der Waals surface area contributed by atoms with Gasteiger partial charge in [-0.3, -0.25) is 10.1 Å². The first-order valence-corrected chi connectivity index (χ1v) is 8.28. The highest BCUT2D eigenvalue weighted by Gasteiger charge is 2.16. The second-order valence-corrected chi connectivity index (χ2v) is 6.38. The van der Waals surface area contributed by atoms with Crippen LogP contribution in [0.1, 0.15) is 20.9 Å². The molecule has 3 aromatic rings. The summed E-state index contributed by atoms with van der Waals surface area (Å²) < 4.78 is 6.08. The van der Waals surface area contributed by atoms with Crippen molar-refractivity contribution < 1.29 is 19.1 Å². The lowest BCUT2D eigenvalue weighted by atomic mass is 10.2. The topological polar surface area (TPSA) is 91.6 Å². The third-order valence-corrected chi connectivity index (χ3v) is 4.03. The van der Waals surface area contributed by atoms with E-state index in [1.807, 2.05) is 12.1 Å². The Morgan fingerprint density at radius 1 is 1.12 bits per heavy atom. The van der Waals surface area contributed by atoms with Gasteiger partial charge < -0.3 is 14.8 Å². The van der Waals surface area contributed by atoms with Gasteiger partial charge in [-0.1, -0.05) is 34.1 Å². The van der Waals surface area contributed by atoms with Crippen LogP contribution in [-0.2, 0) is 0 Å². The van der Waals surface area contributed by atoms with E-state index >= 15 is 0 Å². The van der Waals surface area contributed by atoms with Crippen LogP contribution in [0.3, 0.4) is 0 Å². The van der Waals surface area contributed by atoms with Crippen molar-refractivity contribution in [2.24, 2.45) is 0 Å². The van der Waals surface area contributed by atoms with Crippen LogP contribution in [0.4, 0.5) is 5.69 Å². The molecule has 8 heteroatoms. The Balaban J connectivity index is 1.74. The molecule has 3 rings (SSSR count). The smallest absolute Gasteiger partial charge is 0.337 e. The number of benzene rings is 2. The molecule has 0 aliphatic heterocycles. The van der Waals surface area contributed by atoms with Crippen LogP contribution >= 0.6 is 28.1 Å². The van der Waals surface area contributed by atoms with Gasteiger partial charge in [0.05, 0.1) is 11.3 Å². The van der Waals surface area contributed by atoms with Gasteiger partial charge >= 0.3 is 5.97 Å². The van der Waals surface area contributed by atoms with Gasteiger partial charge in [0.1, 0.15) is 5.58 Å². The largest absolute Gasteiger partial charge is 0.478 e. The molecule has 25 heavy (non-hydrogen) atoms. The van der Waals surface area contributed by atoms with Gasteiger partial charge in [-0.05, 0) is 42.5 Å². The molecule has 6 nitrogen and oxygen atoms in total. The van der Waals surface area contributed by atoms with Gasteiger partial charge in [0, 0.05) is 9.86 Å². The number of carbonyl (C=O) groups excluding carboxylic acids is 1. The number of furan rings is 1. The summed E-state index contributed by atoms with van der Waals surface area (Å²) in [6.45, 7) is 0. The lowest BCUT2D eigenvalue weighted by Gasteiger charge is -2.11. The zero-order valence-corrected chi connectivity index (χ0v) is 15.0. The van der Waals surface area contributed by atoms with E-state index < -0.39 is 11.9 Å². The number of rotatable bonds is 3. The zero-order chi connectivity index (χ0) is 18.0. The molecule has 0 spiro atoms. The van der Waals surface area contributed by atoms with Crippen molar-refractivity contribution in [3.8, 4) is 0 Å². The Morgan fingerprint density at radius 3 is 2.60 bits per heavy atom. The molecule has 1 heterocycles. The van der Waals surface area contributed by atoms with Crippen LogP contribution in [-0.4, -0.2) is 22.1 Å². The fraction of sp³-hybridized carbons (Fsp3) is 0. The van der Waals surface area contributed by atoms with E-state index in [9.17, 15) is 14.7 Å². The van der Waals surface area contributed by atoms with E-state index in [-0.39, 0.29) is 22.1 Å². The maximum Gasteiger partial charge on any atom is 0.337 e. The summed E-state index contributed by atoms with van der Waals surface area (Å²) >= 11 is 8.30. The maximum absolute atomic E-state index is 12.2. The van der Waals surface area contributed by atoms with Crippen molar-refractivity contribution >= 4 is 61.8 Å². The van der Waals surface area contributed by atoms with Crippen molar-refractivity contribution in [3.63, 3.8) is 0 Å². The summed E-state index contributed by atoms with van der Waals surface area (Å²) in [6, 6.07) is 13.5. The van der Waals surface area contributed by atoms with E-state index in [1.165, 1.54) is 6.07 Å². The average Bonchev–Trinajstić information content (AvgIpc) is 3.00. The number of hydrogen-bond acceptors (Lipinski definition) is 4. The quantitative estimate of drug-likeness (QED) is 0.556. The number of anilines is 1. The molecule has 2 aromatic carbocycles. The molecular formula is C17H11BrN2O4S. The fourth-order valence-electron chi connectivity index (χ4n) is 2.21. The Kier molecular flexibility index (Phi) is 4.82. The maximum atomic E-state index is 12.2. The summed E-state index contributed by atoms with van der Waals surface area (Å²) in [4.78, 5) is 23.5. The van der Waals surface area contributed by atoms with Gasteiger partial charge in [0.15, 0.2) is 10.9 Å². The fourth-order valence-corrected chi connectivity index (χ4v) is 2.78. The number of para-hydroxylation sites is 1. The van der Waals surface area contributed by atoms with Gasteiger partial charge in [-0.15, -0.1) is 0 Å². The number of aromatic carboxylic acids is 1. The van der Waals surface area contributed by atoms with Gasteiger partial charge in [-0.2, -0.15) is 0 Å². The van der Waals surface area contributed by atoms with E-state index in [2.05, 4.69) is 26.6 Å². The monoisotopic (exact) mass is 418 g/mol. The van der Waals surface area contributed by atoms with Gasteiger partial charge in [-0.25, -0.2) is 4.79 Å². The Hall–Kier alpha value is -2.71. The van der Waals surface area contributed by atoms with Crippen LogP contribution in [0, 0.1) is 0 Å². The number of nitrogens with one attached hydrogen (secondary N) is 2. The number of fused-ring (bicyclic) bond motifs is 1. The molecule has 3 N–H and O–H groups in total. The Labute approximate surface area is 156 Å². The molecule has 0 fully saturated rings. The molecule has 1 amide bonds. The molecule has 1 aromatic heterocycles. The van der Waals surface area contributed by atoms with E-state index in [4.69, 9.17) is 16.6 Å². The molecule has 0 aliphatic rings. The number of thiocarbonyl (C=S) groups is 1. The van der Waals surface area contributed by atoms with Crippen LogP contribution in [0.15, 0.2) is 57.4 Å². The van der Waals surface area contributed by atoms with Gasteiger partial charge in [0.2, 0.25) is 0 Å². The highest BCUT2D eigenvalue weighted by atomic mass is 79.9. The summed E-state index contributed by atoms with van der Waals surface area (Å²) in [6.07, 6.45) is 0. The number of amides is 1. The minimum atomic E-state index is -1.12. The minimum absolute atomic E-state index is 0.0229. The number of carboxylic acids is 1. The van der Waals surface area contributed by atoms with E-state index in [0.717, 1.165) is 5.39 Å². The average molecular weight is 419 g/mol. The molecule has 0 saturated heterocycles. The molecular weight excluding hydrogens is 408 g/mol. The predicted molar refractivity (Wildman–Crippen MR) is 101 cm³/mol. The molecule has 0 saturated carbocycles. The second-order valence-electron chi connectivity index (χ2n) is 5.05. The first-order chi connectivity index (χ1) is 11.9. The van der Waals surface area contributed by atoms with Gasteiger partial charge in [0.25, 0.3) is 5.91 Å². The highest BCUT2D eigenvalue weighted by molar-refractivity contribution is 9.10. The standard InChI is InChI=1S/C17H11BrN2O4S/c18-10-5-6-12(11(8-10)16(22)23)19-17(25)20-15(21)14-7-9-3-1-2-4-13(9)24-14/h1-8H,(H,22,23)(H2,19,20,21,25). The highest BCUT2D eigenvalue weighted by Crippen LogP contribution is 2.21. The third kappa shape index (κ3) is 3.86. The molecule has 0 aliphatic carbocycles. The summed E-state index contributed by atoms with van der Waals surface area (Å²) in [5.74, 6) is -1.53. The molecule has 0 radical (unpaired) electrons. The van der Waals surface area contributed by atoms with Crippen molar-refractivity contribution in [2.75, 3.05) is 5.32 Å². The van der Waals surface area contributed by atoms with Crippen LogP contribution in [0.2, 0.25) is 0 Å². The Bertz CT molecular complexity index is 966. The lowest BCUT2D eigenvalue weighted by molar-refractivity contribution is 0.0697. The van der Waals surface area contributed by atoms with Crippen molar-refractivity contribution in [1.82, 2.24) is 5.32 Å². The third-order valence-electron chi connectivity index (χ3n) is 3.34. The number of carboxylic acid groups (broad SMARTS) is 1. The van der Waals surface area contributed by atoms with Crippen LogP contribution in [0.5, 0.6) is 0 Å². The SMILES string of the molecule is O=C(NC(=S)Nc1ccc(Br)cc1C(=O)O)c1cc2ccccc2o1. The molecule has 0 atom stereocenters. The lowest BCUT2D eigenvalue weighted by Crippen LogP contribution is -2.34. The normalized spacial score (nSPS) is 10.4. The van der Waals surface area contributed by atoms with Crippen LogP contribution < -0.4 is 10.6 Å². The zero-order valence-electron chi connectivity index (χ0n) is 12.6. The molecule has 0 bridgehead atoms. The number of halogens is 1. The predicted octanol–water partition coefficient (Wildman–Crippen LogP) is 4.02. The summed E-state index contributed by atoms with van der Waals surface area (Å²) in [5.41, 5.74) is 0.882. The number of carbonyl (C=O) groups is 2.